The van der Waals surface area contributed by atoms with Crippen molar-refractivity contribution in [1.82, 2.24) is 5.32 Å². The molecule has 0 radical (unpaired) electrons. The molecule has 0 unspecified atom stereocenters. The molecule has 1 saturated carbocycles. The molecule has 2 heteroatoms. The van der Waals surface area contributed by atoms with Crippen LogP contribution in [0.3, 0.4) is 0 Å². The first kappa shape index (κ1) is 14.0. The van der Waals surface area contributed by atoms with Gasteiger partial charge in [-0.25, -0.2) is 0 Å². The molecule has 0 bridgehead atoms. The lowest BCUT2D eigenvalue weighted by Crippen LogP contribution is -2.17. The van der Waals surface area contributed by atoms with Crippen LogP contribution < -0.4 is 5.32 Å². The fourth-order valence-corrected chi connectivity index (χ4v) is 2.66. The van der Waals surface area contributed by atoms with Crippen molar-refractivity contribution < 1.29 is 5.11 Å². The predicted molar refractivity (Wildman–Crippen MR) is 69.6 cm³/mol. The second-order valence-corrected chi connectivity index (χ2v) is 5.18. The normalized spacial score (nSPS) is 17.1. The Balaban J connectivity index is 1.71. The quantitative estimate of drug-likeness (QED) is 0.562. The number of unbranched alkanes of at least 4 members (excludes halogenated alkanes) is 3. The molecule has 2 N–H and O–H groups in total. The minimum Gasteiger partial charge on any atom is -0.396 e. The fraction of sp³-hybridized carbons (Fsp3) is 1.00. The summed E-state index contributed by atoms with van der Waals surface area (Å²) < 4.78 is 0. The average Bonchev–Trinajstić information content (AvgIpc) is 2.80. The van der Waals surface area contributed by atoms with Gasteiger partial charge in [-0.05, 0) is 44.7 Å². The Bertz CT molecular complexity index is 144. The highest BCUT2D eigenvalue weighted by molar-refractivity contribution is 4.67. The van der Waals surface area contributed by atoms with Crippen molar-refractivity contribution in [3.63, 3.8) is 0 Å². The lowest BCUT2D eigenvalue weighted by molar-refractivity contribution is 0.282. The Hall–Kier alpha value is -0.0800. The summed E-state index contributed by atoms with van der Waals surface area (Å²) in [5.74, 6) is 1.05. The predicted octanol–water partition coefficient (Wildman–Crippen LogP) is 3.10. The van der Waals surface area contributed by atoms with Crippen molar-refractivity contribution in [2.75, 3.05) is 19.7 Å². The number of rotatable bonds is 10. The van der Waals surface area contributed by atoms with E-state index in [1.54, 1.807) is 0 Å². The zero-order valence-corrected chi connectivity index (χ0v) is 10.7. The molecule has 0 aromatic rings. The van der Waals surface area contributed by atoms with Gasteiger partial charge in [-0.1, -0.05) is 38.5 Å². The van der Waals surface area contributed by atoms with Crippen LogP contribution in [0.15, 0.2) is 0 Å². The molecule has 96 valence electrons. The van der Waals surface area contributed by atoms with E-state index in [2.05, 4.69) is 5.32 Å². The van der Waals surface area contributed by atoms with E-state index in [1.807, 2.05) is 0 Å². The van der Waals surface area contributed by atoms with Crippen LogP contribution in [0, 0.1) is 5.92 Å². The van der Waals surface area contributed by atoms with Crippen LogP contribution in [0.25, 0.3) is 0 Å². The molecule has 1 fully saturated rings. The summed E-state index contributed by atoms with van der Waals surface area (Å²) in [6.07, 6.45) is 13.4. The van der Waals surface area contributed by atoms with E-state index < -0.39 is 0 Å². The smallest absolute Gasteiger partial charge is 0.0431 e. The van der Waals surface area contributed by atoms with Crippen LogP contribution in [-0.4, -0.2) is 24.8 Å². The molecule has 0 amide bonds. The minimum absolute atomic E-state index is 0.356. The van der Waals surface area contributed by atoms with Crippen LogP contribution in [0.4, 0.5) is 0 Å². The molecule has 1 aliphatic carbocycles. The first-order valence-electron chi connectivity index (χ1n) is 7.25. The second-order valence-electron chi connectivity index (χ2n) is 5.18. The fourth-order valence-electron chi connectivity index (χ4n) is 2.66. The van der Waals surface area contributed by atoms with Crippen LogP contribution >= 0.6 is 0 Å². The van der Waals surface area contributed by atoms with Gasteiger partial charge in [-0.3, -0.25) is 0 Å². The molecule has 0 atom stereocenters. The van der Waals surface area contributed by atoms with Gasteiger partial charge in [0.1, 0.15) is 0 Å². The number of hydrogen-bond donors (Lipinski definition) is 2. The molecule has 0 aromatic heterocycles. The summed E-state index contributed by atoms with van der Waals surface area (Å²) in [5, 5.41) is 12.2. The van der Waals surface area contributed by atoms with Crippen molar-refractivity contribution in [3.05, 3.63) is 0 Å². The van der Waals surface area contributed by atoms with E-state index in [0.717, 1.165) is 18.9 Å². The molecule has 0 aromatic carbocycles. The molecule has 0 saturated heterocycles. The van der Waals surface area contributed by atoms with Crippen molar-refractivity contribution in [1.29, 1.82) is 0 Å². The van der Waals surface area contributed by atoms with Crippen molar-refractivity contribution in [2.45, 2.75) is 64.2 Å². The van der Waals surface area contributed by atoms with Gasteiger partial charge in [0, 0.05) is 6.61 Å². The van der Waals surface area contributed by atoms with Gasteiger partial charge in [-0.15, -0.1) is 0 Å². The molecule has 1 aliphatic rings. The highest BCUT2D eigenvalue weighted by Gasteiger charge is 2.13. The number of nitrogens with one attached hydrogen (secondary N) is 1. The van der Waals surface area contributed by atoms with Gasteiger partial charge in [0.2, 0.25) is 0 Å². The van der Waals surface area contributed by atoms with E-state index in [0.29, 0.717) is 6.61 Å². The van der Waals surface area contributed by atoms with Crippen LogP contribution in [-0.2, 0) is 0 Å². The third-order valence-corrected chi connectivity index (χ3v) is 3.70. The van der Waals surface area contributed by atoms with Crippen molar-refractivity contribution >= 4 is 0 Å². The third kappa shape index (κ3) is 7.24. The Morgan fingerprint density at radius 3 is 2.31 bits per heavy atom. The topological polar surface area (TPSA) is 32.3 Å². The summed E-state index contributed by atoms with van der Waals surface area (Å²) >= 11 is 0. The summed E-state index contributed by atoms with van der Waals surface area (Å²) in [6, 6.07) is 0. The summed E-state index contributed by atoms with van der Waals surface area (Å²) in [6.45, 7) is 2.72. The molecule has 1 rings (SSSR count). The first-order valence-corrected chi connectivity index (χ1v) is 7.25. The van der Waals surface area contributed by atoms with Crippen LogP contribution in [0.5, 0.6) is 0 Å². The molecule has 0 spiro atoms. The van der Waals surface area contributed by atoms with Crippen molar-refractivity contribution in [3.8, 4) is 0 Å². The maximum absolute atomic E-state index is 8.63. The zero-order chi connectivity index (χ0) is 11.5. The van der Waals surface area contributed by atoms with Crippen LogP contribution in [0.1, 0.15) is 64.2 Å². The van der Waals surface area contributed by atoms with E-state index >= 15 is 0 Å². The van der Waals surface area contributed by atoms with Gasteiger partial charge < -0.3 is 10.4 Å². The molecule has 16 heavy (non-hydrogen) atoms. The van der Waals surface area contributed by atoms with E-state index in [-0.39, 0.29) is 0 Å². The maximum atomic E-state index is 8.63. The third-order valence-electron chi connectivity index (χ3n) is 3.70. The van der Waals surface area contributed by atoms with Gasteiger partial charge in [0.25, 0.3) is 0 Å². The second kappa shape index (κ2) is 10.1. The average molecular weight is 227 g/mol. The van der Waals surface area contributed by atoms with Gasteiger partial charge in [0.15, 0.2) is 0 Å². The van der Waals surface area contributed by atoms with Gasteiger partial charge >= 0.3 is 0 Å². The summed E-state index contributed by atoms with van der Waals surface area (Å²) in [4.78, 5) is 0. The Kier molecular flexibility index (Phi) is 8.83. The highest BCUT2D eigenvalue weighted by Crippen LogP contribution is 2.28. The Morgan fingerprint density at radius 2 is 1.56 bits per heavy atom. The first-order chi connectivity index (χ1) is 7.93. The molecular formula is C14H29NO. The highest BCUT2D eigenvalue weighted by atomic mass is 16.2. The van der Waals surface area contributed by atoms with Gasteiger partial charge in [-0.2, -0.15) is 0 Å². The lowest BCUT2D eigenvalue weighted by Gasteiger charge is -2.09. The maximum Gasteiger partial charge on any atom is 0.0431 e. The zero-order valence-electron chi connectivity index (χ0n) is 10.7. The molecular weight excluding hydrogens is 198 g/mol. The van der Waals surface area contributed by atoms with E-state index in [9.17, 15) is 0 Å². The monoisotopic (exact) mass is 227 g/mol. The summed E-state index contributed by atoms with van der Waals surface area (Å²) in [7, 11) is 0. The Morgan fingerprint density at radius 1 is 0.875 bits per heavy atom. The number of aliphatic hydroxyl groups excluding tert-OH is 1. The largest absolute Gasteiger partial charge is 0.396 e. The standard InChI is InChI=1S/C14H29NO/c16-13-6-2-1-5-11-15-12-7-10-14-8-3-4-9-14/h14-16H,1-13H2. The minimum atomic E-state index is 0.356. The number of hydrogen-bond acceptors (Lipinski definition) is 2. The van der Waals surface area contributed by atoms with Crippen LogP contribution in [0.2, 0.25) is 0 Å². The van der Waals surface area contributed by atoms with E-state index in [4.69, 9.17) is 5.11 Å². The lowest BCUT2D eigenvalue weighted by atomic mass is 10.0. The Labute approximate surface area is 101 Å². The van der Waals surface area contributed by atoms with Gasteiger partial charge in [0.05, 0.1) is 0 Å². The van der Waals surface area contributed by atoms with Crippen molar-refractivity contribution in [2.24, 2.45) is 5.92 Å². The SMILES string of the molecule is OCCCCCCNCCCC1CCCC1. The summed E-state index contributed by atoms with van der Waals surface area (Å²) in [5.41, 5.74) is 0. The molecule has 0 heterocycles. The van der Waals surface area contributed by atoms with E-state index in [1.165, 1.54) is 64.3 Å². The number of aliphatic hydroxyl groups is 1. The molecule has 0 aliphatic heterocycles. The molecule has 2 nitrogen and oxygen atoms in total.